The second-order valence-electron chi connectivity index (χ2n) is 6.53. The summed E-state index contributed by atoms with van der Waals surface area (Å²) in [5.74, 6) is 0.643. The number of methoxy groups -OCH3 is 1. The molecular weight excluding hydrogens is 389 g/mol. The number of rotatable bonds is 3. The van der Waals surface area contributed by atoms with Crippen molar-refractivity contribution in [2.24, 2.45) is 0 Å². The Morgan fingerprint density at radius 3 is 2.59 bits per heavy atom. The van der Waals surface area contributed by atoms with Gasteiger partial charge in [0, 0.05) is 37.6 Å². The summed E-state index contributed by atoms with van der Waals surface area (Å²) in [4.78, 5) is 23.3. The molecule has 0 saturated carbocycles. The lowest BCUT2D eigenvalue weighted by atomic mass is 10.2. The fourth-order valence-corrected chi connectivity index (χ4v) is 3.27. The molecule has 7 nitrogen and oxygen atoms in total. The molecular formula is C19H17F3N4O3. The van der Waals surface area contributed by atoms with Crippen LogP contribution >= 0.6 is 0 Å². The number of ether oxygens (including phenoxy) is 1. The molecule has 1 saturated heterocycles. The average Bonchev–Trinajstić information content (AvgIpc) is 3.17. The van der Waals surface area contributed by atoms with Gasteiger partial charge in [-0.25, -0.2) is 9.97 Å². The van der Waals surface area contributed by atoms with Gasteiger partial charge in [0.1, 0.15) is 17.8 Å². The highest BCUT2D eigenvalue weighted by atomic mass is 19.4. The topological polar surface area (TPSA) is 71.7 Å². The third-order valence-corrected chi connectivity index (χ3v) is 4.77. The predicted molar refractivity (Wildman–Crippen MR) is 97.9 cm³/mol. The molecule has 1 aliphatic heterocycles. The number of aromatic nitrogens is 2. The van der Waals surface area contributed by atoms with Gasteiger partial charge in [-0.2, -0.15) is 13.2 Å². The van der Waals surface area contributed by atoms with Crippen LogP contribution in [0.2, 0.25) is 0 Å². The summed E-state index contributed by atoms with van der Waals surface area (Å²) in [6.45, 7) is 1.37. The number of piperazine rings is 1. The Kier molecular flexibility index (Phi) is 4.77. The minimum atomic E-state index is -4.53. The van der Waals surface area contributed by atoms with Crippen molar-refractivity contribution in [3.63, 3.8) is 0 Å². The minimum Gasteiger partial charge on any atom is -0.493 e. The van der Waals surface area contributed by atoms with Crippen molar-refractivity contribution in [3.05, 3.63) is 48.1 Å². The van der Waals surface area contributed by atoms with E-state index in [1.165, 1.54) is 7.11 Å². The van der Waals surface area contributed by atoms with Crippen molar-refractivity contribution in [2.45, 2.75) is 6.18 Å². The number of anilines is 1. The molecule has 152 valence electrons. The molecule has 1 aliphatic rings. The van der Waals surface area contributed by atoms with Crippen LogP contribution in [0.5, 0.6) is 5.75 Å². The first-order chi connectivity index (χ1) is 13.9. The zero-order chi connectivity index (χ0) is 20.6. The smallest absolute Gasteiger partial charge is 0.433 e. The maximum absolute atomic E-state index is 12.9. The Bertz CT molecular complexity index is 1040. The summed E-state index contributed by atoms with van der Waals surface area (Å²) >= 11 is 0. The molecule has 29 heavy (non-hydrogen) atoms. The van der Waals surface area contributed by atoms with Gasteiger partial charge in [-0.1, -0.05) is 12.1 Å². The lowest BCUT2D eigenvalue weighted by Crippen LogP contribution is -2.49. The fourth-order valence-electron chi connectivity index (χ4n) is 3.27. The number of amides is 1. The number of alkyl halides is 3. The second-order valence-corrected chi connectivity index (χ2v) is 6.53. The monoisotopic (exact) mass is 406 g/mol. The summed E-state index contributed by atoms with van der Waals surface area (Å²) in [7, 11) is 1.52. The zero-order valence-corrected chi connectivity index (χ0v) is 15.4. The lowest BCUT2D eigenvalue weighted by molar-refractivity contribution is -0.141. The minimum absolute atomic E-state index is 0.188. The number of halogens is 3. The van der Waals surface area contributed by atoms with Crippen LogP contribution in [0.4, 0.5) is 19.0 Å². The van der Waals surface area contributed by atoms with Crippen LogP contribution in [0.25, 0.3) is 11.0 Å². The first kappa shape index (κ1) is 19.0. The molecule has 0 N–H and O–H groups in total. The van der Waals surface area contributed by atoms with Crippen molar-refractivity contribution in [3.8, 4) is 5.75 Å². The van der Waals surface area contributed by atoms with Gasteiger partial charge in [0.05, 0.1) is 7.11 Å². The number of carbonyl (C=O) groups excluding carboxylic acids is 1. The number of para-hydroxylation sites is 1. The SMILES string of the molecule is COc1cccc2cc(C(=O)N3CCN(c4cc(C(F)(F)F)ncn4)CC3)oc12. The summed E-state index contributed by atoms with van der Waals surface area (Å²) in [6.07, 6.45) is -3.63. The van der Waals surface area contributed by atoms with Gasteiger partial charge >= 0.3 is 6.18 Å². The van der Waals surface area contributed by atoms with E-state index in [9.17, 15) is 18.0 Å². The fraction of sp³-hybridized carbons (Fsp3) is 0.316. The molecule has 0 bridgehead atoms. The van der Waals surface area contributed by atoms with Crippen LogP contribution in [0.3, 0.4) is 0 Å². The quantitative estimate of drug-likeness (QED) is 0.665. The Labute approximate surface area is 163 Å². The lowest BCUT2D eigenvalue weighted by Gasteiger charge is -2.35. The van der Waals surface area contributed by atoms with E-state index in [-0.39, 0.29) is 17.5 Å². The van der Waals surface area contributed by atoms with Crippen LogP contribution in [0, 0.1) is 0 Å². The molecule has 0 spiro atoms. The molecule has 2 aromatic heterocycles. The largest absolute Gasteiger partial charge is 0.493 e. The number of nitrogens with zero attached hydrogens (tertiary/aromatic N) is 4. The highest BCUT2D eigenvalue weighted by molar-refractivity contribution is 5.97. The van der Waals surface area contributed by atoms with Gasteiger partial charge in [0.2, 0.25) is 0 Å². The van der Waals surface area contributed by atoms with E-state index in [4.69, 9.17) is 9.15 Å². The third-order valence-electron chi connectivity index (χ3n) is 4.77. The molecule has 0 unspecified atom stereocenters. The molecule has 1 fully saturated rings. The van der Waals surface area contributed by atoms with Gasteiger partial charge in [0.15, 0.2) is 17.1 Å². The van der Waals surface area contributed by atoms with E-state index in [0.29, 0.717) is 37.5 Å². The Balaban J connectivity index is 1.47. The first-order valence-electron chi connectivity index (χ1n) is 8.87. The number of hydrogen-bond donors (Lipinski definition) is 0. The molecule has 1 amide bonds. The highest BCUT2D eigenvalue weighted by Crippen LogP contribution is 2.30. The van der Waals surface area contributed by atoms with Crippen LogP contribution in [-0.4, -0.2) is 54.1 Å². The van der Waals surface area contributed by atoms with Gasteiger partial charge in [-0.05, 0) is 12.1 Å². The zero-order valence-electron chi connectivity index (χ0n) is 15.4. The number of fused-ring (bicyclic) bond motifs is 1. The first-order valence-corrected chi connectivity index (χ1v) is 8.87. The van der Waals surface area contributed by atoms with Crippen LogP contribution in [0.1, 0.15) is 16.2 Å². The maximum Gasteiger partial charge on any atom is 0.433 e. The molecule has 4 rings (SSSR count). The van der Waals surface area contributed by atoms with E-state index in [1.54, 1.807) is 28.0 Å². The molecule has 0 aliphatic carbocycles. The van der Waals surface area contributed by atoms with Gasteiger partial charge < -0.3 is 19.0 Å². The number of carbonyl (C=O) groups is 1. The van der Waals surface area contributed by atoms with Crippen molar-refractivity contribution < 1.29 is 27.1 Å². The van der Waals surface area contributed by atoms with Gasteiger partial charge in [-0.15, -0.1) is 0 Å². The van der Waals surface area contributed by atoms with Crippen LogP contribution in [0.15, 0.2) is 41.1 Å². The molecule has 0 atom stereocenters. The molecule has 0 radical (unpaired) electrons. The van der Waals surface area contributed by atoms with Crippen molar-refractivity contribution >= 4 is 22.7 Å². The van der Waals surface area contributed by atoms with Crippen molar-refractivity contribution in [1.82, 2.24) is 14.9 Å². The van der Waals surface area contributed by atoms with Crippen LogP contribution in [-0.2, 0) is 6.18 Å². The molecule has 1 aromatic carbocycles. The summed E-state index contributed by atoms with van der Waals surface area (Å²) in [5.41, 5.74) is -0.491. The molecule has 10 heteroatoms. The Morgan fingerprint density at radius 1 is 1.14 bits per heavy atom. The highest BCUT2D eigenvalue weighted by Gasteiger charge is 2.34. The Morgan fingerprint density at radius 2 is 1.90 bits per heavy atom. The maximum atomic E-state index is 12.9. The standard InChI is InChI=1S/C19H17F3N4O3/c1-28-13-4-2-3-12-9-14(29-17(12)13)18(27)26-7-5-25(6-8-26)16-10-15(19(20,21)22)23-11-24-16/h2-4,9-11H,5-8H2,1H3. The van der Waals surface area contributed by atoms with E-state index in [1.807, 2.05) is 6.07 Å². The molecule has 3 aromatic rings. The Hall–Kier alpha value is -3.30. The summed E-state index contributed by atoms with van der Waals surface area (Å²) in [6, 6.07) is 7.95. The van der Waals surface area contributed by atoms with Crippen molar-refractivity contribution in [2.75, 3.05) is 38.2 Å². The van der Waals surface area contributed by atoms with E-state index in [0.717, 1.165) is 17.8 Å². The van der Waals surface area contributed by atoms with Crippen LogP contribution < -0.4 is 9.64 Å². The van der Waals surface area contributed by atoms with E-state index >= 15 is 0 Å². The average molecular weight is 406 g/mol. The molecule has 3 heterocycles. The van der Waals surface area contributed by atoms with E-state index < -0.39 is 11.9 Å². The second kappa shape index (κ2) is 7.26. The van der Waals surface area contributed by atoms with E-state index in [2.05, 4.69) is 9.97 Å². The van der Waals surface area contributed by atoms with Gasteiger partial charge in [-0.3, -0.25) is 4.79 Å². The number of hydrogen-bond acceptors (Lipinski definition) is 6. The predicted octanol–water partition coefficient (Wildman–Crippen LogP) is 3.21. The van der Waals surface area contributed by atoms with Gasteiger partial charge in [0.25, 0.3) is 5.91 Å². The normalized spacial score (nSPS) is 15.0. The summed E-state index contributed by atoms with van der Waals surface area (Å²) < 4.78 is 49.5. The van der Waals surface area contributed by atoms with Crippen molar-refractivity contribution in [1.29, 1.82) is 0 Å². The third kappa shape index (κ3) is 3.69. The number of furan rings is 1. The number of benzene rings is 1. The summed E-state index contributed by atoms with van der Waals surface area (Å²) in [5, 5.41) is 0.756.